The largest absolute Gasteiger partial charge is 0.497 e. The zero-order valence-corrected chi connectivity index (χ0v) is 11.1. The Morgan fingerprint density at radius 2 is 1.94 bits per heavy atom. The van der Waals surface area contributed by atoms with Crippen LogP contribution in [0.5, 0.6) is 11.5 Å². The van der Waals surface area contributed by atoms with E-state index in [9.17, 15) is 4.57 Å². The molecule has 4 N–H and O–H groups in total. The van der Waals surface area contributed by atoms with E-state index in [-0.39, 0.29) is 0 Å². The molecule has 17 heavy (non-hydrogen) atoms. The Morgan fingerprint density at radius 1 is 1.29 bits per heavy atom. The molecule has 0 saturated heterocycles. The molecule has 1 rings (SSSR count). The summed E-state index contributed by atoms with van der Waals surface area (Å²) in [5.74, 6) is 1.16. The Kier molecular flexibility index (Phi) is 4.40. The van der Waals surface area contributed by atoms with Gasteiger partial charge >= 0.3 is 7.59 Å². The van der Waals surface area contributed by atoms with E-state index in [1.807, 2.05) is 6.92 Å². The van der Waals surface area contributed by atoms with Crippen molar-refractivity contribution in [1.29, 1.82) is 0 Å². The number of anilines is 1. The Bertz CT molecular complexity index is 433. The van der Waals surface area contributed by atoms with Gasteiger partial charge in [0.05, 0.1) is 19.9 Å². The highest BCUT2D eigenvalue weighted by Gasteiger charge is 2.23. The number of hydrogen-bond donors (Lipinski definition) is 2. The highest BCUT2D eigenvalue weighted by Crippen LogP contribution is 2.42. The quantitative estimate of drug-likeness (QED) is 0.780. The standard InChI is InChI=1S/C10H18N3O3P/c1-4-13(17(11,12)14)9-6-5-8(15-2)7-10(9)16-3/h5-7H,4H2,1-3H3,(H4,11,12,14). The fourth-order valence-corrected chi connectivity index (χ4v) is 2.50. The molecule has 96 valence electrons. The van der Waals surface area contributed by atoms with Crippen LogP contribution in [0.2, 0.25) is 0 Å². The van der Waals surface area contributed by atoms with Gasteiger partial charge in [0.25, 0.3) is 0 Å². The van der Waals surface area contributed by atoms with E-state index >= 15 is 0 Å². The van der Waals surface area contributed by atoms with Crippen LogP contribution in [0.15, 0.2) is 18.2 Å². The first-order valence-corrected chi connectivity index (χ1v) is 6.91. The lowest BCUT2D eigenvalue weighted by Crippen LogP contribution is -2.28. The minimum atomic E-state index is -3.35. The summed E-state index contributed by atoms with van der Waals surface area (Å²) in [5.41, 5.74) is 11.6. The van der Waals surface area contributed by atoms with Gasteiger partial charge in [-0.15, -0.1) is 0 Å². The molecule has 1 aromatic rings. The molecule has 0 amide bonds. The van der Waals surface area contributed by atoms with Crippen LogP contribution in [0.4, 0.5) is 5.69 Å². The molecular weight excluding hydrogens is 241 g/mol. The third kappa shape index (κ3) is 3.12. The van der Waals surface area contributed by atoms with Crippen LogP contribution >= 0.6 is 7.59 Å². The van der Waals surface area contributed by atoms with E-state index < -0.39 is 7.59 Å². The van der Waals surface area contributed by atoms with Gasteiger partial charge in [0.1, 0.15) is 11.5 Å². The highest BCUT2D eigenvalue weighted by molar-refractivity contribution is 7.60. The van der Waals surface area contributed by atoms with E-state index in [0.717, 1.165) is 0 Å². The monoisotopic (exact) mass is 259 g/mol. The number of nitrogens with two attached hydrogens (primary N) is 2. The second kappa shape index (κ2) is 5.40. The molecule has 0 heterocycles. The fourth-order valence-electron chi connectivity index (χ4n) is 1.56. The van der Waals surface area contributed by atoms with Crippen LogP contribution in [-0.4, -0.2) is 20.8 Å². The number of rotatable bonds is 5. The van der Waals surface area contributed by atoms with Crippen molar-refractivity contribution in [3.05, 3.63) is 18.2 Å². The molecule has 0 bridgehead atoms. The molecule has 0 aliphatic heterocycles. The van der Waals surface area contributed by atoms with E-state index in [0.29, 0.717) is 23.7 Å². The molecule has 0 unspecified atom stereocenters. The first-order valence-electron chi connectivity index (χ1n) is 5.11. The predicted octanol–water partition coefficient (Wildman–Crippen LogP) is 1.56. The molecule has 0 atom stereocenters. The van der Waals surface area contributed by atoms with Gasteiger partial charge in [-0.2, -0.15) is 0 Å². The van der Waals surface area contributed by atoms with Crippen molar-refractivity contribution in [3.63, 3.8) is 0 Å². The second-order valence-electron chi connectivity index (χ2n) is 3.43. The van der Waals surface area contributed by atoms with Crippen molar-refractivity contribution in [2.45, 2.75) is 6.92 Å². The predicted molar refractivity (Wildman–Crippen MR) is 68.5 cm³/mol. The van der Waals surface area contributed by atoms with E-state index in [1.54, 1.807) is 25.3 Å². The van der Waals surface area contributed by atoms with E-state index in [2.05, 4.69) is 0 Å². The third-order valence-electron chi connectivity index (χ3n) is 2.34. The summed E-state index contributed by atoms with van der Waals surface area (Å²) in [6.07, 6.45) is 0. The Hall–Kier alpha value is -1.23. The maximum atomic E-state index is 11.8. The smallest absolute Gasteiger partial charge is 0.300 e. The molecule has 0 aliphatic carbocycles. The molecule has 0 radical (unpaired) electrons. The van der Waals surface area contributed by atoms with Crippen molar-refractivity contribution >= 4 is 13.3 Å². The van der Waals surface area contributed by atoms with Gasteiger partial charge in [-0.05, 0) is 19.1 Å². The number of benzene rings is 1. The average Bonchev–Trinajstić information content (AvgIpc) is 2.28. The van der Waals surface area contributed by atoms with Crippen LogP contribution in [0.1, 0.15) is 6.92 Å². The minimum absolute atomic E-state index is 0.424. The van der Waals surface area contributed by atoms with Gasteiger partial charge in [0.2, 0.25) is 0 Å². The van der Waals surface area contributed by atoms with Crippen molar-refractivity contribution in [2.75, 3.05) is 25.4 Å². The molecule has 1 aromatic carbocycles. The lowest BCUT2D eigenvalue weighted by atomic mass is 10.2. The SMILES string of the molecule is CCN(c1ccc(OC)cc1OC)P(N)(N)=O. The van der Waals surface area contributed by atoms with Crippen molar-refractivity contribution < 1.29 is 14.0 Å². The summed E-state index contributed by atoms with van der Waals surface area (Å²) in [6.45, 7) is 2.24. The average molecular weight is 259 g/mol. The maximum Gasteiger partial charge on any atom is 0.300 e. The van der Waals surface area contributed by atoms with Crippen LogP contribution < -0.4 is 25.2 Å². The van der Waals surface area contributed by atoms with Crippen LogP contribution in [0, 0.1) is 0 Å². The lowest BCUT2D eigenvalue weighted by molar-refractivity contribution is 0.395. The topological polar surface area (TPSA) is 90.8 Å². The molecule has 0 fully saturated rings. The van der Waals surface area contributed by atoms with Gasteiger partial charge in [-0.1, -0.05) is 0 Å². The number of hydrogen-bond acceptors (Lipinski definition) is 3. The van der Waals surface area contributed by atoms with E-state index in [1.165, 1.54) is 11.8 Å². The van der Waals surface area contributed by atoms with Crippen molar-refractivity contribution in [3.8, 4) is 11.5 Å². The van der Waals surface area contributed by atoms with Gasteiger partial charge in [0, 0.05) is 12.6 Å². The first kappa shape index (κ1) is 13.8. The summed E-state index contributed by atoms with van der Waals surface area (Å²) < 4.78 is 23.5. The number of nitrogens with zero attached hydrogens (tertiary/aromatic N) is 1. The van der Waals surface area contributed by atoms with Crippen LogP contribution in [0.3, 0.4) is 0 Å². The summed E-state index contributed by atoms with van der Waals surface area (Å²) in [5, 5.41) is 0. The van der Waals surface area contributed by atoms with Gasteiger partial charge in [-0.3, -0.25) is 20.2 Å². The molecule has 7 heteroatoms. The zero-order valence-electron chi connectivity index (χ0n) is 10.2. The second-order valence-corrected chi connectivity index (χ2v) is 5.25. The molecule has 0 saturated carbocycles. The van der Waals surface area contributed by atoms with Crippen LogP contribution in [0.25, 0.3) is 0 Å². The van der Waals surface area contributed by atoms with Crippen molar-refractivity contribution in [1.82, 2.24) is 0 Å². The summed E-state index contributed by atoms with van der Waals surface area (Å²) in [6, 6.07) is 5.14. The summed E-state index contributed by atoms with van der Waals surface area (Å²) in [7, 11) is -0.273. The Morgan fingerprint density at radius 3 is 2.35 bits per heavy atom. The fraction of sp³-hybridized carbons (Fsp3) is 0.400. The molecule has 6 nitrogen and oxygen atoms in total. The summed E-state index contributed by atoms with van der Waals surface area (Å²) in [4.78, 5) is 0. The zero-order chi connectivity index (χ0) is 13.1. The molecule has 0 aromatic heterocycles. The van der Waals surface area contributed by atoms with Crippen LogP contribution in [-0.2, 0) is 4.57 Å². The number of ether oxygens (including phenoxy) is 2. The minimum Gasteiger partial charge on any atom is -0.497 e. The lowest BCUT2D eigenvalue weighted by Gasteiger charge is -2.27. The van der Waals surface area contributed by atoms with Crippen molar-refractivity contribution in [2.24, 2.45) is 11.0 Å². The maximum absolute atomic E-state index is 11.8. The number of methoxy groups -OCH3 is 2. The van der Waals surface area contributed by atoms with Gasteiger partial charge < -0.3 is 9.47 Å². The normalized spacial score (nSPS) is 11.1. The third-order valence-corrected chi connectivity index (χ3v) is 3.59. The highest BCUT2D eigenvalue weighted by atomic mass is 31.2. The van der Waals surface area contributed by atoms with Gasteiger partial charge in [-0.25, -0.2) is 0 Å². The Labute approximate surface area is 101 Å². The summed E-state index contributed by atoms with van der Waals surface area (Å²) >= 11 is 0. The first-order chi connectivity index (χ1) is 7.93. The van der Waals surface area contributed by atoms with E-state index in [4.69, 9.17) is 20.5 Å². The molecule has 0 aliphatic rings. The molecule has 0 spiro atoms. The van der Waals surface area contributed by atoms with Gasteiger partial charge in [0.15, 0.2) is 0 Å². The molecular formula is C10H18N3O3P. The Balaban J connectivity index is 3.24.